The molecule has 0 radical (unpaired) electrons. The highest BCUT2D eigenvalue weighted by atomic mass is 15.1. The van der Waals surface area contributed by atoms with Crippen molar-refractivity contribution in [2.24, 2.45) is 0 Å². The number of anilines is 3. The van der Waals surface area contributed by atoms with Crippen LogP contribution in [-0.2, 0) is 0 Å². The van der Waals surface area contributed by atoms with Gasteiger partial charge in [0.1, 0.15) is 0 Å². The third-order valence-corrected chi connectivity index (χ3v) is 6.79. The average molecular weight is 450 g/mol. The summed E-state index contributed by atoms with van der Waals surface area (Å²) in [5.41, 5.74) is 8.44. The fourth-order valence-electron chi connectivity index (χ4n) is 4.83. The van der Waals surface area contributed by atoms with Gasteiger partial charge in [-0.15, -0.1) is 0 Å². The molecule has 0 heterocycles. The maximum Gasteiger partial charge on any atom is 0.0462 e. The van der Waals surface area contributed by atoms with Crippen LogP contribution in [0.2, 0.25) is 0 Å². The Kier molecular flexibility index (Phi) is 5.31. The molecule has 168 valence electrons. The van der Waals surface area contributed by atoms with E-state index in [0.717, 1.165) is 17.1 Å². The molecule has 0 bridgehead atoms. The van der Waals surface area contributed by atoms with E-state index >= 15 is 0 Å². The highest BCUT2D eigenvalue weighted by Gasteiger charge is 2.13. The van der Waals surface area contributed by atoms with E-state index in [9.17, 15) is 0 Å². The average Bonchev–Trinajstić information content (AvgIpc) is 2.91. The zero-order valence-corrected chi connectivity index (χ0v) is 20.1. The van der Waals surface area contributed by atoms with E-state index in [-0.39, 0.29) is 0 Å². The van der Waals surface area contributed by atoms with Crippen molar-refractivity contribution >= 4 is 38.6 Å². The van der Waals surface area contributed by atoms with Crippen molar-refractivity contribution in [3.05, 3.63) is 139 Å². The van der Waals surface area contributed by atoms with Gasteiger partial charge in [-0.25, -0.2) is 0 Å². The third kappa shape index (κ3) is 4.06. The Morgan fingerprint density at radius 1 is 0.400 bits per heavy atom. The molecular formula is C34H27N. The van der Waals surface area contributed by atoms with Crippen molar-refractivity contribution in [3.8, 4) is 11.1 Å². The molecule has 0 fully saturated rings. The lowest BCUT2D eigenvalue weighted by atomic mass is 9.97. The van der Waals surface area contributed by atoms with Crippen LogP contribution in [-0.4, -0.2) is 0 Å². The minimum atomic E-state index is 1.15. The van der Waals surface area contributed by atoms with Crippen LogP contribution in [0, 0.1) is 13.8 Å². The maximum atomic E-state index is 2.31. The zero-order valence-electron chi connectivity index (χ0n) is 20.1. The zero-order chi connectivity index (χ0) is 23.8. The number of fused-ring (bicyclic) bond motifs is 3. The monoisotopic (exact) mass is 449 g/mol. The van der Waals surface area contributed by atoms with E-state index in [0.29, 0.717) is 0 Å². The Morgan fingerprint density at radius 3 is 1.51 bits per heavy atom. The van der Waals surface area contributed by atoms with Crippen LogP contribution in [0.15, 0.2) is 127 Å². The van der Waals surface area contributed by atoms with Gasteiger partial charge in [-0.1, -0.05) is 96.1 Å². The van der Waals surface area contributed by atoms with Gasteiger partial charge in [-0.05, 0) is 89.0 Å². The Morgan fingerprint density at radius 2 is 0.886 bits per heavy atom. The Labute approximate surface area is 206 Å². The normalized spacial score (nSPS) is 11.1. The van der Waals surface area contributed by atoms with Gasteiger partial charge in [0, 0.05) is 17.1 Å². The van der Waals surface area contributed by atoms with Gasteiger partial charge in [0.2, 0.25) is 0 Å². The van der Waals surface area contributed by atoms with E-state index in [1.807, 2.05) is 0 Å². The molecule has 6 aromatic carbocycles. The molecule has 0 N–H and O–H groups in total. The second kappa shape index (κ2) is 8.77. The first kappa shape index (κ1) is 21.2. The molecule has 6 aromatic rings. The molecule has 0 aliphatic heterocycles. The number of nitrogens with zero attached hydrogens (tertiary/aromatic N) is 1. The van der Waals surface area contributed by atoms with Gasteiger partial charge in [0.15, 0.2) is 0 Å². The lowest BCUT2D eigenvalue weighted by molar-refractivity contribution is 1.27. The Hall–Kier alpha value is -4.36. The molecule has 0 aliphatic rings. The number of rotatable bonds is 4. The SMILES string of the molecule is Cc1ccc(N(c2ccc(C)cc2)c2ccc(-c3ccc4c(ccc5ccccc54)c3)cc2)cc1. The van der Waals surface area contributed by atoms with Crippen LogP contribution < -0.4 is 4.90 Å². The van der Waals surface area contributed by atoms with Crippen LogP contribution in [0.3, 0.4) is 0 Å². The van der Waals surface area contributed by atoms with Crippen LogP contribution in [0.5, 0.6) is 0 Å². The standard InChI is InChI=1S/C34H27N/c1-24-7-16-30(17-8-24)35(31-18-9-25(2)10-19-31)32-20-13-26(14-21-32)28-15-22-34-29(23-28)12-11-27-5-3-4-6-33(27)34/h3-23H,1-2H3. The molecule has 0 aromatic heterocycles. The first-order valence-corrected chi connectivity index (χ1v) is 12.1. The van der Waals surface area contributed by atoms with Gasteiger partial charge in [-0.3, -0.25) is 0 Å². The van der Waals surface area contributed by atoms with E-state index in [1.54, 1.807) is 0 Å². The Balaban J connectivity index is 1.39. The largest absolute Gasteiger partial charge is 0.311 e. The molecule has 0 aliphatic carbocycles. The van der Waals surface area contributed by atoms with Gasteiger partial charge in [-0.2, -0.15) is 0 Å². The summed E-state index contributed by atoms with van der Waals surface area (Å²) in [5, 5.41) is 5.16. The predicted molar refractivity (Wildman–Crippen MR) is 151 cm³/mol. The number of hydrogen-bond donors (Lipinski definition) is 0. The topological polar surface area (TPSA) is 3.24 Å². The van der Waals surface area contributed by atoms with Crippen molar-refractivity contribution in [3.63, 3.8) is 0 Å². The summed E-state index contributed by atoms with van der Waals surface area (Å²) in [5.74, 6) is 0. The summed E-state index contributed by atoms with van der Waals surface area (Å²) in [6.45, 7) is 4.25. The molecule has 6 rings (SSSR count). The summed E-state index contributed by atoms with van der Waals surface area (Å²) < 4.78 is 0. The van der Waals surface area contributed by atoms with Crippen LogP contribution in [0.25, 0.3) is 32.7 Å². The minimum absolute atomic E-state index is 1.15. The van der Waals surface area contributed by atoms with Crippen molar-refractivity contribution in [1.82, 2.24) is 0 Å². The van der Waals surface area contributed by atoms with Crippen molar-refractivity contribution in [1.29, 1.82) is 0 Å². The van der Waals surface area contributed by atoms with Gasteiger partial charge < -0.3 is 4.90 Å². The third-order valence-electron chi connectivity index (χ3n) is 6.79. The smallest absolute Gasteiger partial charge is 0.0462 e. The lowest BCUT2D eigenvalue weighted by Crippen LogP contribution is -2.09. The molecule has 35 heavy (non-hydrogen) atoms. The summed E-state index contributed by atoms with van der Waals surface area (Å²) in [6, 6.07) is 46.2. The van der Waals surface area contributed by atoms with Crippen LogP contribution in [0.4, 0.5) is 17.1 Å². The molecule has 0 unspecified atom stereocenters. The van der Waals surface area contributed by atoms with Gasteiger partial charge in [0.05, 0.1) is 0 Å². The van der Waals surface area contributed by atoms with Crippen molar-refractivity contribution in [2.75, 3.05) is 4.90 Å². The first-order chi connectivity index (χ1) is 17.2. The van der Waals surface area contributed by atoms with Gasteiger partial charge in [0.25, 0.3) is 0 Å². The van der Waals surface area contributed by atoms with E-state index in [1.165, 1.54) is 43.8 Å². The molecule has 0 saturated carbocycles. The van der Waals surface area contributed by atoms with Crippen molar-refractivity contribution < 1.29 is 0 Å². The molecule has 0 spiro atoms. The van der Waals surface area contributed by atoms with Gasteiger partial charge >= 0.3 is 0 Å². The quantitative estimate of drug-likeness (QED) is 0.242. The molecule has 0 atom stereocenters. The molecule has 0 amide bonds. The summed E-state index contributed by atoms with van der Waals surface area (Å²) in [7, 11) is 0. The molecule has 1 heteroatoms. The van der Waals surface area contributed by atoms with Crippen molar-refractivity contribution in [2.45, 2.75) is 13.8 Å². The van der Waals surface area contributed by atoms with Crippen LogP contribution in [0.1, 0.15) is 11.1 Å². The second-order valence-electron chi connectivity index (χ2n) is 9.28. The first-order valence-electron chi connectivity index (χ1n) is 12.1. The molecular weight excluding hydrogens is 422 g/mol. The Bertz CT molecular complexity index is 1580. The number of aryl methyl sites for hydroxylation is 2. The predicted octanol–water partition coefficient (Wildman–Crippen LogP) is 9.75. The lowest BCUT2D eigenvalue weighted by Gasteiger charge is -2.26. The molecule has 0 saturated heterocycles. The fraction of sp³-hybridized carbons (Fsp3) is 0.0588. The van der Waals surface area contributed by atoms with E-state index in [2.05, 4.69) is 146 Å². The minimum Gasteiger partial charge on any atom is -0.311 e. The highest BCUT2D eigenvalue weighted by molar-refractivity contribution is 6.08. The summed E-state index contributed by atoms with van der Waals surface area (Å²) in [6.07, 6.45) is 0. The van der Waals surface area contributed by atoms with E-state index in [4.69, 9.17) is 0 Å². The maximum absolute atomic E-state index is 2.31. The van der Waals surface area contributed by atoms with Crippen LogP contribution >= 0.6 is 0 Å². The van der Waals surface area contributed by atoms with E-state index < -0.39 is 0 Å². The molecule has 1 nitrogen and oxygen atoms in total. The highest BCUT2D eigenvalue weighted by Crippen LogP contribution is 2.36. The summed E-state index contributed by atoms with van der Waals surface area (Å²) >= 11 is 0. The number of benzene rings is 6. The fourth-order valence-corrected chi connectivity index (χ4v) is 4.83. The second-order valence-corrected chi connectivity index (χ2v) is 9.28. The number of hydrogen-bond acceptors (Lipinski definition) is 1. The summed E-state index contributed by atoms with van der Waals surface area (Å²) in [4.78, 5) is 2.31.